The SMILES string of the molecule is CC(C)c1nc(C(C)Nc2ncccc2C(=O)N2CCCCC2)cs1. The average molecular weight is 359 g/mol. The van der Waals surface area contributed by atoms with Gasteiger partial charge in [0.1, 0.15) is 5.82 Å². The van der Waals surface area contributed by atoms with Crippen LogP contribution in [0.5, 0.6) is 0 Å². The van der Waals surface area contributed by atoms with Crippen molar-refractivity contribution in [3.63, 3.8) is 0 Å². The minimum Gasteiger partial charge on any atom is -0.361 e. The van der Waals surface area contributed by atoms with Gasteiger partial charge in [-0.25, -0.2) is 9.97 Å². The monoisotopic (exact) mass is 358 g/mol. The van der Waals surface area contributed by atoms with E-state index in [2.05, 4.69) is 36.5 Å². The fourth-order valence-electron chi connectivity index (χ4n) is 3.00. The molecule has 3 heterocycles. The van der Waals surface area contributed by atoms with Crippen molar-refractivity contribution in [3.8, 4) is 0 Å². The lowest BCUT2D eigenvalue weighted by molar-refractivity contribution is 0.0725. The Bertz CT molecular complexity index is 722. The number of aromatic nitrogens is 2. The molecule has 1 saturated heterocycles. The number of anilines is 1. The Hall–Kier alpha value is -1.95. The lowest BCUT2D eigenvalue weighted by Crippen LogP contribution is -2.36. The standard InChI is InChI=1S/C19H26N4OS/c1-13(2)18-22-16(12-25-18)14(3)21-17-15(8-7-9-20-17)19(24)23-10-5-4-6-11-23/h7-9,12-14H,4-6,10-11H2,1-3H3,(H,20,21). The normalized spacial score (nSPS) is 16.1. The maximum Gasteiger partial charge on any atom is 0.257 e. The highest BCUT2D eigenvalue weighted by Gasteiger charge is 2.22. The van der Waals surface area contributed by atoms with Gasteiger partial charge >= 0.3 is 0 Å². The smallest absolute Gasteiger partial charge is 0.257 e. The van der Waals surface area contributed by atoms with E-state index in [0.29, 0.717) is 17.3 Å². The molecule has 0 aliphatic carbocycles. The number of carbonyl (C=O) groups is 1. The minimum absolute atomic E-state index is 0.00607. The topological polar surface area (TPSA) is 58.1 Å². The van der Waals surface area contributed by atoms with Gasteiger partial charge in [0, 0.05) is 30.6 Å². The molecule has 6 heteroatoms. The summed E-state index contributed by atoms with van der Waals surface area (Å²) >= 11 is 1.68. The van der Waals surface area contributed by atoms with Gasteiger partial charge in [-0.1, -0.05) is 13.8 Å². The van der Waals surface area contributed by atoms with Crippen LogP contribution in [0.15, 0.2) is 23.7 Å². The van der Waals surface area contributed by atoms with E-state index in [9.17, 15) is 4.79 Å². The molecule has 2 aromatic heterocycles. The van der Waals surface area contributed by atoms with Crippen molar-refractivity contribution in [1.82, 2.24) is 14.9 Å². The Morgan fingerprint density at radius 1 is 1.24 bits per heavy atom. The number of pyridine rings is 1. The maximum absolute atomic E-state index is 12.9. The van der Waals surface area contributed by atoms with Crippen LogP contribution in [0.4, 0.5) is 5.82 Å². The second kappa shape index (κ2) is 7.95. The summed E-state index contributed by atoms with van der Waals surface area (Å²) in [5.74, 6) is 1.14. The first-order valence-corrected chi connectivity index (χ1v) is 9.90. The van der Waals surface area contributed by atoms with Gasteiger partial charge in [-0.15, -0.1) is 11.3 Å². The van der Waals surface area contributed by atoms with E-state index in [-0.39, 0.29) is 11.9 Å². The molecule has 1 aliphatic heterocycles. The molecule has 2 aromatic rings. The number of thiazole rings is 1. The van der Waals surface area contributed by atoms with Crippen molar-refractivity contribution < 1.29 is 4.79 Å². The van der Waals surface area contributed by atoms with Crippen LogP contribution in [0.25, 0.3) is 0 Å². The highest BCUT2D eigenvalue weighted by Crippen LogP contribution is 2.26. The Balaban J connectivity index is 1.76. The molecule has 134 valence electrons. The first-order valence-electron chi connectivity index (χ1n) is 9.02. The lowest BCUT2D eigenvalue weighted by atomic mass is 10.1. The molecule has 0 saturated carbocycles. The van der Waals surface area contributed by atoms with E-state index in [4.69, 9.17) is 4.98 Å². The Morgan fingerprint density at radius 3 is 2.68 bits per heavy atom. The van der Waals surface area contributed by atoms with E-state index in [1.807, 2.05) is 17.0 Å². The van der Waals surface area contributed by atoms with Gasteiger partial charge in [0.15, 0.2) is 0 Å². The van der Waals surface area contributed by atoms with Crippen molar-refractivity contribution in [2.24, 2.45) is 0 Å². The third kappa shape index (κ3) is 4.18. The summed E-state index contributed by atoms with van der Waals surface area (Å²) in [6.07, 6.45) is 5.10. The number of hydrogen-bond donors (Lipinski definition) is 1. The number of rotatable bonds is 5. The maximum atomic E-state index is 12.9. The molecule has 1 amide bonds. The molecule has 3 rings (SSSR count). The molecule has 0 bridgehead atoms. The van der Waals surface area contributed by atoms with E-state index in [0.717, 1.165) is 36.6 Å². The van der Waals surface area contributed by atoms with Crippen molar-refractivity contribution in [3.05, 3.63) is 40.0 Å². The fraction of sp³-hybridized carbons (Fsp3) is 0.526. The molecule has 1 unspecified atom stereocenters. The fourth-order valence-corrected chi connectivity index (χ4v) is 3.93. The lowest BCUT2D eigenvalue weighted by Gasteiger charge is -2.27. The van der Waals surface area contributed by atoms with Crippen molar-refractivity contribution >= 4 is 23.1 Å². The summed E-state index contributed by atoms with van der Waals surface area (Å²) in [6.45, 7) is 8.03. The second-order valence-electron chi connectivity index (χ2n) is 6.88. The van der Waals surface area contributed by atoms with Crippen LogP contribution in [-0.2, 0) is 0 Å². The van der Waals surface area contributed by atoms with Gasteiger partial charge in [0.2, 0.25) is 0 Å². The van der Waals surface area contributed by atoms with E-state index in [1.165, 1.54) is 6.42 Å². The first kappa shape index (κ1) is 17.9. The molecule has 0 aromatic carbocycles. The number of nitrogens with one attached hydrogen (secondary N) is 1. The molecule has 1 aliphatic rings. The van der Waals surface area contributed by atoms with Gasteiger partial charge in [-0.2, -0.15) is 0 Å². The first-order chi connectivity index (χ1) is 12.1. The molecule has 1 fully saturated rings. The average Bonchev–Trinajstić information content (AvgIpc) is 3.13. The molecule has 1 atom stereocenters. The number of amides is 1. The molecule has 1 N–H and O–H groups in total. The van der Waals surface area contributed by atoms with Crippen molar-refractivity contribution in [2.75, 3.05) is 18.4 Å². The van der Waals surface area contributed by atoms with Crippen LogP contribution in [0, 0.1) is 0 Å². The number of piperidine rings is 1. The van der Waals surface area contributed by atoms with E-state index < -0.39 is 0 Å². The van der Waals surface area contributed by atoms with Crippen LogP contribution in [-0.4, -0.2) is 33.9 Å². The largest absolute Gasteiger partial charge is 0.361 e. The summed E-state index contributed by atoms with van der Waals surface area (Å²) in [5.41, 5.74) is 1.64. The molecular formula is C19H26N4OS. The number of carbonyl (C=O) groups excluding carboxylic acids is 1. The van der Waals surface area contributed by atoms with Gasteiger partial charge in [-0.05, 0) is 38.3 Å². The van der Waals surface area contributed by atoms with Gasteiger partial charge < -0.3 is 10.2 Å². The van der Waals surface area contributed by atoms with Crippen LogP contribution >= 0.6 is 11.3 Å². The van der Waals surface area contributed by atoms with Crippen LogP contribution < -0.4 is 5.32 Å². The zero-order chi connectivity index (χ0) is 17.8. The zero-order valence-corrected chi connectivity index (χ0v) is 16.0. The quantitative estimate of drug-likeness (QED) is 0.857. The number of likely N-dealkylation sites (tertiary alicyclic amines) is 1. The highest BCUT2D eigenvalue weighted by molar-refractivity contribution is 7.09. The summed E-state index contributed by atoms with van der Waals surface area (Å²) in [7, 11) is 0. The predicted octanol–water partition coefficient (Wildman–Crippen LogP) is 4.46. The molecule has 0 spiro atoms. The Labute approximate surface area is 153 Å². The highest BCUT2D eigenvalue weighted by atomic mass is 32.1. The number of hydrogen-bond acceptors (Lipinski definition) is 5. The summed E-state index contributed by atoms with van der Waals surface area (Å²) < 4.78 is 0. The second-order valence-corrected chi connectivity index (χ2v) is 7.77. The van der Waals surface area contributed by atoms with Gasteiger partial charge in [0.05, 0.1) is 22.3 Å². The van der Waals surface area contributed by atoms with Crippen LogP contribution in [0.3, 0.4) is 0 Å². The summed E-state index contributed by atoms with van der Waals surface area (Å²) in [5, 5.41) is 6.60. The zero-order valence-electron chi connectivity index (χ0n) is 15.2. The van der Waals surface area contributed by atoms with Gasteiger partial charge in [0.25, 0.3) is 5.91 Å². The molecule has 5 nitrogen and oxygen atoms in total. The molecular weight excluding hydrogens is 332 g/mol. The Kier molecular flexibility index (Phi) is 5.68. The van der Waals surface area contributed by atoms with Crippen molar-refractivity contribution in [1.29, 1.82) is 0 Å². The van der Waals surface area contributed by atoms with Gasteiger partial charge in [-0.3, -0.25) is 4.79 Å². The molecule has 0 radical (unpaired) electrons. The predicted molar refractivity (Wildman–Crippen MR) is 102 cm³/mol. The van der Waals surface area contributed by atoms with Crippen LogP contribution in [0.2, 0.25) is 0 Å². The Morgan fingerprint density at radius 2 is 2.00 bits per heavy atom. The minimum atomic E-state index is 0.00607. The third-order valence-electron chi connectivity index (χ3n) is 4.51. The molecule has 25 heavy (non-hydrogen) atoms. The van der Waals surface area contributed by atoms with E-state index >= 15 is 0 Å². The number of nitrogens with zero attached hydrogens (tertiary/aromatic N) is 3. The summed E-state index contributed by atoms with van der Waals surface area (Å²) in [6, 6.07) is 3.69. The van der Waals surface area contributed by atoms with Crippen molar-refractivity contribution in [2.45, 2.75) is 52.0 Å². The third-order valence-corrected chi connectivity index (χ3v) is 5.68. The van der Waals surface area contributed by atoms with Crippen LogP contribution in [0.1, 0.15) is 73.1 Å². The summed E-state index contributed by atoms with van der Waals surface area (Å²) in [4.78, 5) is 23.9. The van der Waals surface area contributed by atoms with E-state index in [1.54, 1.807) is 17.5 Å².